The Morgan fingerprint density at radius 2 is 1.58 bits per heavy atom. The second-order valence-corrected chi connectivity index (χ2v) is 4.34. The van der Waals surface area contributed by atoms with Crippen LogP contribution in [-0.4, -0.2) is 24.7 Å². The zero-order valence-electron chi connectivity index (χ0n) is 10.9. The predicted octanol–water partition coefficient (Wildman–Crippen LogP) is 4.48. The Balaban J connectivity index is 3.54. The lowest BCUT2D eigenvalue weighted by molar-refractivity contribution is -0.284. The summed E-state index contributed by atoms with van der Waals surface area (Å²) in [4.78, 5) is 10.9. The molecule has 0 aromatic rings. The van der Waals surface area contributed by atoms with Crippen molar-refractivity contribution in [3.63, 3.8) is 0 Å². The van der Waals surface area contributed by atoms with Gasteiger partial charge in [0.15, 0.2) is 0 Å². The van der Waals surface area contributed by atoms with Gasteiger partial charge in [-0.25, -0.2) is 0 Å². The van der Waals surface area contributed by atoms with E-state index in [9.17, 15) is 26.7 Å². The molecule has 0 saturated carbocycles. The SMILES string of the molecule is CCCC(=O)OCCCCCCC(F)(F)C(F)(F)F. The van der Waals surface area contributed by atoms with Crippen LogP contribution >= 0.6 is 0 Å². The van der Waals surface area contributed by atoms with E-state index in [1.165, 1.54) is 0 Å². The summed E-state index contributed by atoms with van der Waals surface area (Å²) in [5.74, 6) is -4.92. The largest absolute Gasteiger partial charge is 0.466 e. The first-order chi connectivity index (χ1) is 8.70. The van der Waals surface area contributed by atoms with Gasteiger partial charge in [0.1, 0.15) is 0 Å². The molecular weight excluding hydrogens is 271 g/mol. The predicted molar refractivity (Wildman–Crippen MR) is 60.0 cm³/mol. The molecule has 0 heterocycles. The van der Waals surface area contributed by atoms with Gasteiger partial charge in [0.2, 0.25) is 0 Å². The number of esters is 1. The molecule has 114 valence electrons. The molecule has 0 aromatic carbocycles. The lowest BCUT2D eigenvalue weighted by atomic mass is 10.1. The van der Waals surface area contributed by atoms with E-state index in [-0.39, 0.29) is 25.4 Å². The molecule has 0 amide bonds. The molecule has 0 aliphatic rings. The fourth-order valence-corrected chi connectivity index (χ4v) is 1.41. The minimum atomic E-state index is -5.47. The number of hydrogen-bond acceptors (Lipinski definition) is 2. The second-order valence-electron chi connectivity index (χ2n) is 4.34. The molecule has 0 atom stereocenters. The van der Waals surface area contributed by atoms with Crippen LogP contribution in [0.1, 0.15) is 51.9 Å². The quantitative estimate of drug-likeness (QED) is 0.355. The molecule has 2 nitrogen and oxygen atoms in total. The molecular formula is C12H19F5O2. The van der Waals surface area contributed by atoms with Gasteiger partial charge in [-0.2, -0.15) is 22.0 Å². The third kappa shape index (κ3) is 8.00. The minimum Gasteiger partial charge on any atom is -0.466 e. The summed E-state index contributed by atoms with van der Waals surface area (Å²) < 4.78 is 65.3. The van der Waals surface area contributed by atoms with Crippen LogP contribution in [0.15, 0.2) is 0 Å². The van der Waals surface area contributed by atoms with Crippen molar-refractivity contribution in [1.29, 1.82) is 0 Å². The standard InChI is InChI=1S/C12H19F5O2/c1-2-7-10(18)19-9-6-4-3-5-8-11(13,14)12(15,16)17/h2-9H2,1H3. The first-order valence-corrected chi connectivity index (χ1v) is 6.31. The van der Waals surface area contributed by atoms with Crippen molar-refractivity contribution in [1.82, 2.24) is 0 Å². The summed E-state index contributed by atoms with van der Waals surface area (Å²) in [7, 11) is 0. The summed E-state index contributed by atoms with van der Waals surface area (Å²) >= 11 is 0. The summed E-state index contributed by atoms with van der Waals surface area (Å²) in [5.41, 5.74) is 0. The highest BCUT2D eigenvalue weighted by molar-refractivity contribution is 5.69. The first-order valence-electron chi connectivity index (χ1n) is 6.31. The van der Waals surface area contributed by atoms with Crippen LogP contribution in [-0.2, 0) is 9.53 Å². The highest BCUT2D eigenvalue weighted by Crippen LogP contribution is 2.39. The van der Waals surface area contributed by atoms with Gasteiger partial charge in [-0.15, -0.1) is 0 Å². The maximum Gasteiger partial charge on any atom is 0.453 e. The van der Waals surface area contributed by atoms with Crippen LogP contribution in [0.4, 0.5) is 22.0 Å². The van der Waals surface area contributed by atoms with E-state index in [4.69, 9.17) is 4.74 Å². The Labute approximate surface area is 109 Å². The average molecular weight is 290 g/mol. The van der Waals surface area contributed by atoms with Crippen LogP contribution in [0.5, 0.6) is 0 Å². The molecule has 0 saturated heterocycles. The van der Waals surface area contributed by atoms with Crippen molar-refractivity contribution in [3.8, 4) is 0 Å². The third-order valence-electron chi connectivity index (χ3n) is 2.52. The number of carbonyl (C=O) groups is 1. The van der Waals surface area contributed by atoms with Gasteiger partial charge in [0, 0.05) is 12.8 Å². The highest BCUT2D eigenvalue weighted by Gasteiger charge is 2.56. The molecule has 0 aliphatic carbocycles. The Morgan fingerprint density at radius 1 is 1.00 bits per heavy atom. The number of hydrogen-bond donors (Lipinski definition) is 0. The van der Waals surface area contributed by atoms with Crippen molar-refractivity contribution in [2.75, 3.05) is 6.61 Å². The van der Waals surface area contributed by atoms with Crippen LogP contribution in [0, 0.1) is 0 Å². The molecule has 19 heavy (non-hydrogen) atoms. The van der Waals surface area contributed by atoms with Crippen molar-refractivity contribution < 1.29 is 31.5 Å². The van der Waals surface area contributed by atoms with Gasteiger partial charge < -0.3 is 4.74 Å². The number of rotatable bonds is 9. The van der Waals surface area contributed by atoms with E-state index in [0.717, 1.165) is 0 Å². The summed E-state index contributed by atoms with van der Waals surface area (Å²) in [6, 6.07) is 0. The van der Waals surface area contributed by atoms with Crippen molar-refractivity contribution in [2.45, 2.75) is 64.0 Å². The Hall–Kier alpha value is -0.880. The van der Waals surface area contributed by atoms with Gasteiger partial charge >= 0.3 is 18.1 Å². The van der Waals surface area contributed by atoms with E-state index in [1.807, 2.05) is 6.92 Å². The van der Waals surface area contributed by atoms with Gasteiger partial charge in [-0.3, -0.25) is 4.79 Å². The number of ether oxygens (including phenoxy) is 1. The van der Waals surface area contributed by atoms with E-state index >= 15 is 0 Å². The molecule has 0 fully saturated rings. The van der Waals surface area contributed by atoms with Crippen LogP contribution in [0.25, 0.3) is 0 Å². The topological polar surface area (TPSA) is 26.3 Å². The van der Waals surface area contributed by atoms with Gasteiger partial charge in [0.25, 0.3) is 0 Å². The van der Waals surface area contributed by atoms with Crippen LogP contribution in [0.3, 0.4) is 0 Å². The summed E-state index contributed by atoms with van der Waals surface area (Å²) in [6.07, 6.45) is -4.63. The van der Waals surface area contributed by atoms with Crippen molar-refractivity contribution in [3.05, 3.63) is 0 Å². The van der Waals surface area contributed by atoms with E-state index in [0.29, 0.717) is 25.7 Å². The van der Waals surface area contributed by atoms with Gasteiger partial charge in [-0.05, 0) is 19.3 Å². The first kappa shape index (κ1) is 18.1. The molecule has 0 spiro atoms. The van der Waals surface area contributed by atoms with Crippen molar-refractivity contribution in [2.24, 2.45) is 0 Å². The molecule has 0 unspecified atom stereocenters. The number of alkyl halides is 5. The molecule has 0 bridgehead atoms. The fourth-order valence-electron chi connectivity index (χ4n) is 1.41. The molecule has 0 radical (unpaired) electrons. The maximum absolute atomic E-state index is 12.5. The molecule has 0 aliphatic heterocycles. The normalized spacial score (nSPS) is 12.5. The molecule has 0 rings (SSSR count). The van der Waals surface area contributed by atoms with Crippen LogP contribution in [0.2, 0.25) is 0 Å². The zero-order chi connectivity index (χ0) is 14.9. The number of halogens is 5. The van der Waals surface area contributed by atoms with E-state index < -0.39 is 18.5 Å². The summed E-state index contributed by atoms with van der Waals surface area (Å²) in [5, 5.41) is 0. The molecule has 7 heteroatoms. The van der Waals surface area contributed by atoms with Gasteiger partial charge in [-0.1, -0.05) is 19.8 Å². The third-order valence-corrected chi connectivity index (χ3v) is 2.52. The van der Waals surface area contributed by atoms with Crippen molar-refractivity contribution >= 4 is 5.97 Å². The summed E-state index contributed by atoms with van der Waals surface area (Å²) in [6.45, 7) is 2.02. The highest BCUT2D eigenvalue weighted by atomic mass is 19.4. The van der Waals surface area contributed by atoms with E-state index in [2.05, 4.69) is 0 Å². The zero-order valence-corrected chi connectivity index (χ0v) is 10.9. The molecule has 0 N–H and O–H groups in total. The second kappa shape index (κ2) is 8.32. The Morgan fingerprint density at radius 3 is 2.11 bits per heavy atom. The van der Waals surface area contributed by atoms with Crippen LogP contribution < -0.4 is 0 Å². The minimum absolute atomic E-state index is 0.189. The fraction of sp³-hybridized carbons (Fsp3) is 0.917. The number of unbranched alkanes of at least 4 members (excludes halogenated alkanes) is 3. The molecule has 0 aromatic heterocycles. The monoisotopic (exact) mass is 290 g/mol. The Kier molecular flexibility index (Phi) is 7.94. The lowest BCUT2D eigenvalue weighted by Crippen LogP contribution is -2.36. The Bertz CT molecular complexity index is 263. The van der Waals surface area contributed by atoms with E-state index in [1.54, 1.807) is 0 Å². The van der Waals surface area contributed by atoms with Gasteiger partial charge in [0.05, 0.1) is 6.61 Å². The lowest BCUT2D eigenvalue weighted by Gasteiger charge is -2.19. The average Bonchev–Trinajstić information content (AvgIpc) is 2.26. The maximum atomic E-state index is 12.5. The number of carbonyl (C=O) groups excluding carboxylic acids is 1. The smallest absolute Gasteiger partial charge is 0.453 e.